The summed E-state index contributed by atoms with van der Waals surface area (Å²) in [5.74, 6) is 1.20. The van der Waals surface area contributed by atoms with Crippen LogP contribution in [-0.4, -0.2) is 0 Å². The predicted molar refractivity (Wildman–Crippen MR) is 94.9 cm³/mol. The van der Waals surface area contributed by atoms with Crippen molar-refractivity contribution >= 4 is 10.8 Å². The van der Waals surface area contributed by atoms with Crippen LogP contribution in [0.4, 0.5) is 0 Å². The highest BCUT2D eigenvalue weighted by molar-refractivity contribution is 5.87. The molecule has 0 fully saturated rings. The zero-order valence-electron chi connectivity index (χ0n) is 13.5. The van der Waals surface area contributed by atoms with Crippen molar-refractivity contribution in [2.75, 3.05) is 0 Å². The maximum atomic E-state index is 2.36. The fraction of sp³-hybridized carbons (Fsp3) is 0.500. The minimum atomic E-state index is 0. The van der Waals surface area contributed by atoms with E-state index in [-0.39, 0.29) is 7.43 Å². The van der Waals surface area contributed by atoms with Gasteiger partial charge in [-0.2, -0.15) is 0 Å². The molecular weight excluding hydrogens is 240 g/mol. The van der Waals surface area contributed by atoms with Crippen molar-refractivity contribution in [2.24, 2.45) is 0 Å². The van der Waals surface area contributed by atoms with E-state index in [1.807, 2.05) is 13.8 Å². The SMILES string of the molecule is C.CC.Cc1c(C(C)C)ccc2ccc(C(C)C)cc12. The number of aryl methyl sites for hydroxylation is 1. The first-order chi connectivity index (χ1) is 9.00. The van der Waals surface area contributed by atoms with Crippen molar-refractivity contribution in [1.82, 2.24) is 0 Å². The van der Waals surface area contributed by atoms with Crippen molar-refractivity contribution in [2.45, 2.75) is 67.7 Å². The molecule has 0 nitrogen and oxygen atoms in total. The van der Waals surface area contributed by atoms with Gasteiger partial charge in [-0.15, -0.1) is 0 Å². The minimum absolute atomic E-state index is 0. The fourth-order valence-electron chi connectivity index (χ4n) is 2.49. The van der Waals surface area contributed by atoms with Gasteiger partial charge in [0.15, 0.2) is 0 Å². The van der Waals surface area contributed by atoms with E-state index in [0.717, 1.165) is 0 Å². The molecule has 112 valence electrons. The maximum absolute atomic E-state index is 2.36. The molecule has 0 radical (unpaired) electrons. The van der Waals surface area contributed by atoms with E-state index in [1.54, 1.807) is 0 Å². The molecule has 0 saturated heterocycles. The summed E-state index contributed by atoms with van der Waals surface area (Å²) in [6.07, 6.45) is 0. The third-order valence-electron chi connectivity index (χ3n) is 3.65. The van der Waals surface area contributed by atoms with E-state index in [9.17, 15) is 0 Å². The zero-order valence-corrected chi connectivity index (χ0v) is 13.5. The summed E-state index contributed by atoms with van der Waals surface area (Å²) >= 11 is 0. The Morgan fingerprint density at radius 1 is 0.800 bits per heavy atom. The largest absolute Gasteiger partial charge is 0.0776 e. The molecule has 2 rings (SSSR count). The van der Waals surface area contributed by atoms with Crippen LogP contribution in [0.5, 0.6) is 0 Å². The lowest BCUT2D eigenvalue weighted by Gasteiger charge is -2.14. The molecular formula is C20H32. The lowest BCUT2D eigenvalue weighted by Crippen LogP contribution is -1.94. The number of hydrogen-bond donors (Lipinski definition) is 0. The van der Waals surface area contributed by atoms with Gasteiger partial charge in [0, 0.05) is 0 Å². The van der Waals surface area contributed by atoms with Gasteiger partial charge in [-0.25, -0.2) is 0 Å². The van der Waals surface area contributed by atoms with Crippen molar-refractivity contribution in [3.63, 3.8) is 0 Å². The Balaban J connectivity index is 0.00000115. The van der Waals surface area contributed by atoms with Gasteiger partial charge in [0.25, 0.3) is 0 Å². The number of hydrogen-bond acceptors (Lipinski definition) is 0. The molecule has 0 aliphatic carbocycles. The molecule has 2 aromatic carbocycles. The standard InChI is InChI=1S/C17H22.C2H6.CH4/c1-11(2)15-7-6-14-8-9-16(12(3)4)13(5)17(14)10-15;1-2;/h6-12H,1-5H3;1-2H3;1H4. The first-order valence-electron chi connectivity index (χ1n) is 7.54. The van der Waals surface area contributed by atoms with Crippen molar-refractivity contribution in [1.29, 1.82) is 0 Å². The van der Waals surface area contributed by atoms with Crippen molar-refractivity contribution in [3.05, 3.63) is 47.0 Å². The van der Waals surface area contributed by atoms with Crippen LogP contribution in [0, 0.1) is 6.92 Å². The van der Waals surface area contributed by atoms with Gasteiger partial charge < -0.3 is 0 Å². The first-order valence-corrected chi connectivity index (χ1v) is 7.54. The summed E-state index contributed by atoms with van der Waals surface area (Å²) in [6.45, 7) is 15.3. The summed E-state index contributed by atoms with van der Waals surface area (Å²) in [5.41, 5.74) is 4.35. The molecule has 0 atom stereocenters. The van der Waals surface area contributed by atoms with Crippen LogP contribution in [-0.2, 0) is 0 Å². The Kier molecular flexibility index (Phi) is 7.57. The molecule has 0 heterocycles. The van der Waals surface area contributed by atoms with E-state index in [4.69, 9.17) is 0 Å². The normalized spacial score (nSPS) is 10.2. The van der Waals surface area contributed by atoms with E-state index in [2.05, 4.69) is 65.0 Å². The quantitative estimate of drug-likeness (QED) is 0.549. The van der Waals surface area contributed by atoms with E-state index in [1.165, 1.54) is 27.5 Å². The zero-order chi connectivity index (χ0) is 14.6. The molecule has 20 heavy (non-hydrogen) atoms. The third kappa shape index (κ3) is 3.85. The Labute approximate surface area is 126 Å². The smallest absolute Gasteiger partial charge is 0.0149 e. The highest BCUT2D eigenvalue weighted by Crippen LogP contribution is 2.29. The van der Waals surface area contributed by atoms with Crippen molar-refractivity contribution < 1.29 is 0 Å². The van der Waals surface area contributed by atoms with Gasteiger partial charge in [-0.05, 0) is 46.2 Å². The van der Waals surface area contributed by atoms with Gasteiger partial charge in [-0.3, -0.25) is 0 Å². The lowest BCUT2D eigenvalue weighted by atomic mass is 9.91. The number of benzene rings is 2. The second-order valence-electron chi connectivity index (χ2n) is 5.57. The first kappa shape index (κ1) is 18.7. The second kappa shape index (κ2) is 8.09. The molecule has 0 heteroatoms. The van der Waals surface area contributed by atoms with E-state index < -0.39 is 0 Å². The summed E-state index contributed by atoms with van der Waals surface area (Å²) in [4.78, 5) is 0. The van der Waals surface area contributed by atoms with Gasteiger partial charge in [0.2, 0.25) is 0 Å². The monoisotopic (exact) mass is 272 g/mol. The second-order valence-corrected chi connectivity index (χ2v) is 5.57. The Morgan fingerprint density at radius 3 is 1.85 bits per heavy atom. The summed E-state index contributed by atoms with van der Waals surface area (Å²) < 4.78 is 0. The predicted octanol–water partition coefficient (Wildman–Crippen LogP) is 7.06. The number of fused-ring (bicyclic) bond motifs is 1. The molecule has 0 spiro atoms. The van der Waals surface area contributed by atoms with E-state index in [0.29, 0.717) is 11.8 Å². The Bertz CT molecular complexity index is 528. The highest BCUT2D eigenvalue weighted by atomic mass is 14.1. The van der Waals surface area contributed by atoms with Crippen molar-refractivity contribution in [3.8, 4) is 0 Å². The lowest BCUT2D eigenvalue weighted by molar-refractivity contribution is 0.857. The van der Waals surface area contributed by atoms with Crippen LogP contribution in [0.2, 0.25) is 0 Å². The summed E-state index contributed by atoms with van der Waals surface area (Å²) in [7, 11) is 0. The number of rotatable bonds is 2. The maximum Gasteiger partial charge on any atom is -0.0149 e. The molecule has 0 unspecified atom stereocenters. The topological polar surface area (TPSA) is 0 Å². The molecule has 0 saturated carbocycles. The van der Waals surface area contributed by atoms with Crippen LogP contribution in [0.25, 0.3) is 10.8 Å². The van der Waals surface area contributed by atoms with Gasteiger partial charge in [0.05, 0.1) is 0 Å². The molecule has 2 aromatic rings. The molecule has 0 aliphatic heterocycles. The molecule has 0 aliphatic rings. The highest BCUT2D eigenvalue weighted by Gasteiger charge is 2.08. The Hall–Kier alpha value is -1.30. The molecule has 0 amide bonds. The van der Waals surface area contributed by atoms with Crippen LogP contribution in [0.3, 0.4) is 0 Å². The fourth-order valence-corrected chi connectivity index (χ4v) is 2.49. The minimum Gasteiger partial charge on any atom is -0.0776 e. The average Bonchev–Trinajstić information content (AvgIpc) is 2.40. The Morgan fingerprint density at radius 2 is 1.35 bits per heavy atom. The molecule has 0 aromatic heterocycles. The van der Waals surface area contributed by atoms with Gasteiger partial charge in [-0.1, -0.05) is 79.3 Å². The third-order valence-corrected chi connectivity index (χ3v) is 3.65. The van der Waals surface area contributed by atoms with Gasteiger partial charge >= 0.3 is 0 Å². The van der Waals surface area contributed by atoms with Gasteiger partial charge in [0.1, 0.15) is 0 Å². The summed E-state index contributed by atoms with van der Waals surface area (Å²) in [6, 6.07) is 11.4. The average molecular weight is 272 g/mol. The van der Waals surface area contributed by atoms with Crippen LogP contribution >= 0.6 is 0 Å². The van der Waals surface area contributed by atoms with E-state index >= 15 is 0 Å². The van der Waals surface area contributed by atoms with Crippen LogP contribution in [0.15, 0.2) is 30.3 Å². The summed E-state index contributed by atoms with van der Waals surface area (Å²) in [5, 5.41) is 2.78. The molecule has 0 bridgehead atoms. The van der Waals surface area contributed by atoms with Crippen LogP contribution in [0.1, 0.15) is 77.5 Å². The van der Waals surface area contributed by atoms with Crippen LogP contribution < -0.4 is 0 Å². The molecule has 0 N–H and O–H groups in total.